The summed E-state index contributed by atoms with van der Waals surface area (Å²) in [7, 11) is 0. The van der Waals surface area contributed by atoms with Gasteiger partial charge in [0.15, 0.2) is 0 Å². The molecule has 1 unspecified atom stereocenters. The van der Waals surface area contributed by atoms with E-state index in [4.69, 9.17) is 17.3 Å². The summed E-state index contributed by atoms with van der Waals surface area (Å²) in [6.45, 7) is 5.47. The van der Waals surface area contributed by atoms with Crippen molar-refractivity contribution in [2.24, 2.45) is 11.7 Å². The minimum absolute atomic E-state index is 0.142. The van der Waals surface area contributed by atoms with Crippen LogP contribution >= 0.6 is 11.6 Å². The smallest absolute Gasteiger partial charge is 0.141 e. The zero-order chi connectivity index (χ0) is 14.7. The molecule has 3 nitrogen and oxygen atoms in total. The van der Waals surface area contributed by atoms with Crippen molar-refractivity contribution < 1.29 is 4.39 Å². The molecule has 108 valence electrons. The molecule has 1 heterocycles. The van der Waals surface area contributed by atoms with Gasteiger partial charge < -0.3 is 10.3 Å². The molecule has 0 bridgehead atoms. The van der Waals surface area contributed by atoms with Gasteiger partial charge in [-0.3, -0.25) is 0 Å². The van der Waals surface area contributed by atoms with Gasteiger partial charge in [0.05, 0.1) is 11.3 Å². The average Bonchev–Trinajstić information content (AvgIpc) is 2.83. The fourth-order valence-corrected chi connectivity index (χ4v) is 2.54. The molecule has 0 amide bonds. The van der Waals surface area contributed by atoms with Gasteiger partial charge in [0.1, 0.15) is 5.82 Å². The normalized spacial score (nSPS) is 12.9. The van der Waals surface area contributed by atoms with Crippen molar-refractivity contribution >= 4 is 11.6 Å². The number of benzene rings is 1. The van der Waals surface area contributed by atoms with Gasteiger partial charge in [0.25, 0.3) is 0 Å². The van der Waals surface area contributed by atoms with Gasteiger partial charge in [-0.25, -0.2) is 9.37 Å². The van der Waals surface area contributed by atoms with Crippen molar-refractivity contribution in [3.8, 4) is 0 Å². The minimum Gasteiger partial charge on any atom is -0.330 e. The van der Waals surface area contributed by atoms with E-state index in [-0.39, 0.29) is 10.9 Å². The molecule has 20 heavy (non-hydrogen) atoms. The molecular weight excluding hydrogens is 277 g/mol. The summed E-state index contributed by atoms with van der Waals surface area (Å²) in [5.41, 5.74) is 7.90. The van der Waals surface area contributed by atoms with Gasteiger partial charge in [-0.05, 0) is 23.6 Å². The third-order valence-electron chi connectivity index (χ3n) is 3.52. The van der Waals surface area contributed by atoms with Crippen LogP contribution in [0.4, 0.5) is 4.39 Å². The molecule has 2 N–H and O–H groups in total. The third kappa shape index (κ3) is 3.19. The number of hydrogen-bond donors (Lipinski definition) is 1. The van der Waals surface area contributed by atoms with Crippen molar-refractivity contribution in [2.75, 3.05) is 6.54 Å². The first kappa shape index (κ1) is 15.0. The Morgan fingerprint density at radius 1 is 1.40 bits per heavy atom. The number of halogens is 2. The molecule has 2 aromatic rings. The predicted octanol–water partition coefficient (Wildman–Crippen LogP) is 3.42. The second kappa shape index (κ2) is 6.37. The Bertz CT molecular complexity index is 580. The topological polar surface area (TPSA) is 43.8 Å². The molecule has 0 aliphatic rings. The number of aromatic nitrogens is 2. The largest absolute Gasteiger partial charge is 0.330 e. The van der Waals surface area contributed by atoms with Crippen LogP contribution in [0.2, 0.25) is 5.02 Å². The fraction of sp³-hybridized carbons (Fsp3) is 0.400. The summed E-state index contributed by atoms with van der Waals surface area (Å²) < 4.78 is 15.2. The van der Waals surface area contributed by atoms with Gasteiger partial charge in [0.2, 0.25) is 0 Å². The molecule has 0 aliphatic carbocycles. The standard InChI is InChI=1S/C15H19ClFN3/c1-10(2)12(6-18)15-7-19-9-20(15)8-11-3-4-14(17)13(16)5-11/h3-5,7,9-10,12H,6,8,18H2,1-2H3. The van der Waals surface area contributed by atoms with E-state index >= 15 is 0 Å². The lowest BCUT2D eigenvalue weighted by atomic mass is 9.93. The molecule has 5 heteroatoms. The van der Waals surface area contributed by atoms with Crippen LogP contribution in [0.3, 0.4) is 0 Å². The Labute approximate surface area is 123 Å². The molecule has 0 saturated carbocycles. The van der Waals surface area contributed by atoms with Crippen LogP contribution in [0.1, 0.15) is 31.0 Å². The zero-order valence-corrected chi connectivity index (χ0v) is 12.4. The number of nitrogens with two attached hydrogens (primary N) is 1. The van der Waals surface area contributed by atoms with E-state index in [1.54, 1.807) is 18.5 Å². The predicted molar refractivity (Wildman–Crippen MR) is 79.4 cm³/mol. The molecule has 0 fully saturated rings. The van der Waals surface area contributed by atoms with Crippen molar-refractivity contribution in [3.63, 3.8) is 0 Å². The monoisotopic (exact) mass is 295 g/mol. The lowest BCUT2D eigenvalue weighted by Crippen LogP contribution is -2.21. The van der Waals surface area contributed by atoms with Gasteiger partial charge >= 0.3 is 0 Å². The molecular formula is C15H19ClFN3. The van der Waals surface area contributed by atoms with E-state index < -0.39 is 5.82 Å². The lowest BCUT2D eigenvalue weighted by molar-refractivity contribution is 0.478. The number of imidazole rings is 1. The van der Waals surface area contributed by atoms with E-state index in [1.165, 1.54) is 6.07 Å². The van der Waals surface area contributed by atoms with E-state index in [1.807, 2.05) is 10.8 Å². The van der Waals surface area contributed by atoms with Crippen LogP contribution in [-0.2, 0) is 6.54 Å². The Hall–Kier alpha value is -1.39. The molecule has 1 aromatic heterocycles. The van der Waals surface area contributed by atoms with E-state index in [0.29, 0.717) is 19.0 Å². The molecule has 1 atom stereocenters. The molecule has 1 aromatic carbocycles. The molecule has 0 spiro atoms. The van der Waals surface area contributed by atoms with Crippen LogP contribution in [0.15, 0.2) is 30.7 Å². The first-order valence-electron chi connectivity index (χ1n) is 6.67. The quantitative estimate of drug-likeness (QED) is 0.918. The van der Waals surface area contributed by atoms with Crippen molar-refractivity contribution in [3.05, 3.63) is 52.8 Å². The molecule has 0 saturated heterocycles. The van der Waals surface area contributed by atoms with Crippen molar-refractivity contribution in [2.45, 2.75) is 26.3 Å². The van der Waals surface area contributed by atoms with Gasteiger partial charge in [-0.15, -0.1) is 0 Å². The highest BCUT2D eigenvalue weighted by molar-refractivity contribution is 6.30. The van der Waals surface area contributed by atoms with Crippen LogP contribution in [0, 0.1) is 11.7 Å². The van der Waals surface area contributed by atoms with Crippen LogP contribution in [-0.4, -0.2) is 16.1 Å². The number of nitrogens with zero attached hydrogens (tertiary/aromatic N) is 2. The Morgan fingerprint density at radius 3 is 2.75 bits per heavy atom. The fourth-order valence-electron chi connectivity index (χ4n) is 2.34. The van der Waals surface area contributed by atoms with Gasteiger partial charge in [0, 0.05) is 30.9 Å². The molecule has 0 radical (unpaired) electrons. The van der Waals surface area contributed by atoms with Crippen LogP contribution in [0.25, 0.3) is 0 Å². The summed E-state index contributed by atoms with van der Waals surface area (Å²) in [5, 5.41) is 0.142. The SMILES string of the molecule is CC(C)C(CN)c1cncn1Cc1ccc(F)c(Cl)c1. The maximum absolute atomic E-state index is 13.2. The Morgan fingerprint density at radius 2 is 2.15 bits per heavy atom. The average molecular weight is 296 g/mol. The van der Waals surface area contributed by atoms with Crippen molar-refractivity contribution in [1.82, 2.24) is 9.55 Å². The summed E-state index contributed by atoms with van der Waals surface area (Å²) in [6.07, 6.45) is 3.63. The minimum atomic E-state index is -0.400. The van der Waals surface area contributed by atoms with Gasteiger partial charge in [-0.1, -0.05) is 31.5 Å². The van der Waals surface area contributed by atoms with Crippen LogP contribution < -0.4 is 5.73 Å². The third-order valence-corrected chi connectivity index (χ3v) is 3.81. The molecule has 2 rings (SSSR count). The maximum Gasteiger partial charge on any atom is 0.141 e. The highest BCUT2D eigenvalue weighted by atomic mass is 35.5. The zero-order valence-electron chi connectivity index (χ0n) is 11.7. The number of hydrogen-bond acceptors (Lipinski definition) is 2. The first-order valence-corrected chi connectivity index (χ1v) is 7.04. The summed E-state index contributed by atoms with van der Waals surface area (Å²) in [5.74, 6) is 0.295. The van der Waals surface area contributed by atoms with E-state index in [2.05, 4.69) is 18.8 Å². The summed E-state index contributed by atoms with van der Waals surface area (Å²) in [6, 6.07) is 4.77. The molecule has 0 aliphatic heterocycles. The van der Waals surface area contributed by atoms with Gasteiger partial charge in [-0.2, -0.15) is 0 Å². The van der Waals surface area contributed by atoms with E-state index in [9.17, 15) is 4.39 Å². The summed E-state index contributed by atoms with van der Waals surface area (Å²) in [4.78, 5) is 4.21. The van der Waals surface area contributed by atoms with Crippen LogP contribution in [0.5, 0.6) is 0 Å². The highest BCUT2D eigenvalue weighted by Crippen LogP contribution is 2.24. The second-order valence-electron chi connectivity index (χ2n) is 5.28. The van der Waals surface area contributed by atoms with Crippen molar-refractivity contribution in [1.29, 1.82) is 0 Å². The Kier molecular flexibility index (Phi) is 4.78. The lowest BCUT2D eigenvalue weighted by Gasteiger charge is -2.20. The summed E-state index contributed by atoms with van der Waals surface area (Å²) >= 11 is 5.81. The van der Waals surface area contributed by atoms with E-state index in [0.717, 1.165) is 11.3 Å². The Balaban J connectivity index is 2.26. The second-order valence-corrected chi connectivity index (χ2v) is 5.69. The maximum atomic E-state index is 13.2. The highest BCUT2D eigenvalue weighted by Gasteiger charge is 2.18. The first-order chi connectivity index (χ1) is 9.52. The number of rotatable bonds is 5.